The van der Waals surface area contributed by atoms with Crippen molar-refractivity contribution in [2.45, 2.75) is 0 Å². The zero-order valence-electron chi connectivity index (χ0n) is 20.7. The molecule has 0 aliphatic rings. The van der Waals surface area contributed by atoms with Crippen molar-refractivity contribution in [1.82, 2.24) is 0 Å². The van der Waals surface area contributed by atoms with Crippen LogP contribution in [0.5, 0.6) is 23.0 Å². The summed E-state index contributed by atoms with van der Waals surface area (Å²) in [5, 5.41) is 0. The van der Waals surface area contributed by atoms with Gasteiger partial charge in [-0.05, 0) is 97.1 Å². The Kier molecular flexibility index (Phi) is 9.23. The lowest BCUT2D eigenvalue weighted by Gasteiger charge is -2.04. The van der Waals surface area contributed by atoms with Crippen molar-refractivity contribution in [3.63, 3.8) is 0 Å². The SMILES string of the molecule is COc1ccc(C(=O)c2ccc(OC)cc2)cc1.COc1ccc(C(=O)c2ccc(OC)cc2)cc1. The lowest BCUT2D eigenvalue weighted by Crippen LogP contribution is -2.01. The molecular weight excluding hydrogens is 456 g/mol. The third-order valence-corrected chi connectivity index (χ3v) is 5.41. The van der Waals surface area contributed by atoms with Crippen LogP contribution in [-0.2, 0) is 0 Å². The van der Waals surface area contributed by atoms with Gasteiger partial charge in [0.2, 0.25) is 0 Å². The van der Waals surface area contributed by atoms with Crippen LogP contribution in [0.25, 0.3) is 0 Å². The maximum atomic E-state index is 12.2. The van der Waals surface area contributed by atoms with Crippen molar-refractivity contribution in [3.8, 4) is 23.0 Å². The number of rotatable bonds is 8. The monoisotopic (exact) mass is 484 g/mol. The maximum Gasteiger partial charge on any atom is 0.193 e. The number of hydrogen-bond acceptors (Lipinski definition) is 6. The van der Waals surface area contributed by atoms with Crippen molar-refractivity contribution in [1.29, 1.82) is 0 Å². The first-order valence-corrected chi connectivity index (χ1v) is 11.1. The van der Waals surface area contributed by atoms with Crippen LogP contribution in [0.3, 0.4) is 0 Å². The van der Waals surface area contributed by atoms with Crippen LogP contribution in [0.1, 0.15) is 31.8 Å². The van der Waals surface area contributed by atoms with Crippen LogP contribution in [0.15, 0.2) is 97.1 Å². The van der Waals surface area contributed by atoms with E-state index in [9.17, 15) is 9.59 Å². The number of ketones is 2. The molecule has 6 heteroatoms. The molecule has 0 unspecified atom stereocenters. The highest BCUT2D eigenvalue weighted by Gasteiger charge is 2.10. The van der Waals surface area contributed by atoms with Crippen molar-refractivity contribution in [3.05, 3.63) is 119 Å². The molecule has 4 rings (SSSR count). The average molecular weight is 485 g/mol. The third-order valence-electron chi connectivity index (χ3n) is 5.41. The molecule has 0 aromatic heterocycles. The van der Waals surface area contributed by atoms with Gasteiger partial charge >= 0.3 is 0 Å². The second kappa shape index (κ2) is 12.8. The number of hydrogen-bond donors (Lipinski definition) is 0. The van der Waals surface area contributed by atoms with Gasteiger partial charge in [0, 0.05) is 22.3 Å². The van der Waals surface area contributed by atoms with Crippen molar-refractivity contribution in [2.24, 2.45) is 0 Å². The Morgan fingerprint density at radius 1 is 0.361 bits per heavy atom. The van der Waals surface area contributed by atoms with Gasteiger partial charge in [-0.3, -0.25) is 9.59 Å². The first kappa shape index (κ1) is 26.0. The van der Waals surface area contributed by atoms with Gasteiger partial charge in [0.05, 0.1) is 28.4 Å². The van der Waals surface area contributed by atoms with Gasteiger partial charge in [-0.1, -0.05) is 0 Å². The molecule has 0 aliphatic heterocycles. The molecule has 0 saturated carbocycles. The van der Waals surface area contributed by atoms with Crippen LogP contribution < -0.4 is 18.9 Å². The van der Waals surface area contributed by atoms with E-state index in [-0.39, 0.29) is 11.6 Å². The topological polar surface area (TPSA) is 71.1 Å². The van der Waals surface area contributed by atoms with E-state index in [2.05, 4.69) is 0 Å². The molecule has 4 aromatic carbocycles. The summed E-state index contributed by atoms with van der Waals surface area (Å²) in [6.07, 6.45) is 0. The maximum absolute atomic E-state index is 12.2. The van der Waals surface area contributed by atoms with E-state index in [1.54, 1.807) is 126 Å². The molecule has 0 heterocycles. The summed E-state index contributed by atoms with van der Waals surface area (Å²) in [5.74, 6) is 2.92. The van der Waals surface area contributed by atoms with Crippen molar-refractivity contribution >= 4 is 11.6 Å². The van der Waals surface area contributed by atoms with Crippen LogP contribution in [0.2, 0.25) is 0 Å². The minimum atomic E-state index is -0.0136. The van der Waals surface area contributed by atoms with E-state index < -0.39 is 0 Å². The van der Waals surface area contributed by atoms with E-state index in [1.165, 1.54) is 0 Å². The predicted molar refractivity (Wildman–Crippen MR) is 139 cm³/mol. The van der Waals surface area contributed by atoms with E-state index in [1.807, 2.05) is 0 Å². The van der Waals surface area contributed by atoms with Gasteiger partial charge in [-0.2, -0.15) is 0 Å². The predicted octanol–water partition coefficient (Wildman–Crippen LogP) is 5.87. The van der Waals surface area contributed by atoms with E-state index >= 15 is 0 Å². The molecule has 0 spiro atoms. The van der Waals surface area contributed by atoms with Gasteiger partial charge < -0.3 is 18.9 Å². The van der Waals surface area contributed by atoms with Crippen LogP contribution in [0.4, 0.5) is 0 Å². The van der Waals surface area contributed by atoms with Gasteiger partial charge in [0.15, 0.2) is 11.6 Å². The van der Waals surface area contributed by atoms with E-state index in [0.29, 0.717) is 22.3 Å². The Hall–Kier alpha value is -4.58. The molecule has 0 N–H and O–H groups in total. The molecule has 0 atom stereocenters. The zero-order chi connectivity index (χ0) is 25.9. The standard InChI is InChI=1S/2C15H14O3/c2*1-17-13-7-3-11(4-8-13)15(16)12-5-9-14(18-2)10-6-12/h2*3-10H,1-2H3. The normalized spacial score (nSPS) is 9.89. The molecule has 4 aromatic rings. The fourth-order valence-corrected chi connectivity index (χ4v) is 3.30. The number of carbonyl (C=O) groups excluding carboxylic acids is 2. The Morgan fingerprint density at radius 2 is 0.528 bits per heavy atom. The van der Waals surface area contributed by atoms with Gasteiger partial charge in [0.1, 0.15) is 23.0 Å². The summed E-state index contributed by atoms with van der Waals surface area (Å²) in [5.41, 5.74) is 2.56. The molecule has 36 heavy (non-hydrogen) atoms. The average Bonchev–Trinajstić information content (AvgIpc) is 2.97. The smallest absolute Gasteiger partial charge is 0.193 e. The largest absolute Gasteiger partial charge is 0.497 e. The van der Waals surface area contributed by atoms with Crippen molar-refractivity contribution < 1.29 is 28.5 Å². The number of ether oxygens (including phenoxy) is 4. The molecule has 0 fully saturated rings. The van der Waals surface area contributed by atoms with Gasteiger partial charge in [-0.25, -0.2) is 0 Å². The first-order valence-electron chi connectivity index (χ1n) is 11.1. The fourth-order valence-electron chi connectivity index (χ4n) is 3.30. The Bertz CT molecular complexity index is 1060. The van der Waals surface area contributed by atoms with Gasteiger partial charge in [0.25, 0.3) is 0 Å². The molecular formula is C30H28O6. The summed E-state index contributed by atoms with van der Waals surface area (Å²) < 4.78 is 20.2. The van der Waals surface area contributed by atoms with Crippen LogP contribution in [0, 0.1) is 0 Å². The fraction of sp³-hybridized carbons (Fsp3) is 0.133. The number of methoxy groups -OCH3 is 4. The van der Waals surface area contributed by atoms with Crippen LogP contribution >= 0.6 is 0 Å². The molecule has 0 radical (unpaired) electrons. The summed E-state index contributed by atoms with van der Waals surface area (Å²) in [6.45, 7) is 0. The first-order chi connectivity index (χ1) is 17.5. The third kappa shape index (κ3) is 6.73. The minimum Gasteiger partial charge on any atom is -0.497 e. The Balaban J connectivity index is 0.000000201. The lowest BCUT2D eigenvalue weighted by molar-refractivity contribution is 0.103. The summed E-state index contributed by atoms with van der Waals surface area (Å²) in [6, 6.07) is 28.2. The molecule has 6 nitrogen and oxygen atoms in total. The molecule has 184 valence electrons. The van der Waals surface area contributed by atoms with Gasteiger partial charge in [-0.15, -0.1) is 0 Å². The summed E-state index contributed by atoms with van der Waals surface area (Å²) in [7, 11) is 6.39. The second-order valence-corrected chi connectivity index (χ2v) is 7.57. The van der Waals surface area contributed by atoms with Crippen molar-refractivity contribution in [2.75, 3.05) is 28.4 Å². The van der Waals surface area contributed by atoms with E-state index in [4.69, 9.17) is 18.9 Å². The number of benzene rings is 4. The molecule has 0 amide bonds. The van der Waals surface area contributed by atoms with Crippen LogP contribution in [-0.4, -0.2) is 40.0 Å². The summed E-state index contributed by atoms with van der Waals surface area (Å²) >= 11 is 0. The lowest BCUT2D eigenvalue weighted by atomic mass is 10.0. The van der Waals surface area contributed by atoms with E-state index in [0.717, 1.165) is 23.0 Å². The zero-order valence-corrected chi connectivity index (χ0v) is 20.7. The highest BCUT2D eigenvalue weighted by atomic mass is 16.5. The molecule has 0 bridgehead atoms. The Morgan fingerprint density at radius 3 is 0.667 bits per heavy atom. The highest BCUT2D eigenvalue weighted by Crippen LogP contribution is 2.19. The molecule has 0 saturated heterocycles. The highest BCUT2D eigenvalue weighted by molar-refractivity contribution is 6.09. The quantitative estimate of drug-likeness (QED) is 0.291. The Labute approximate surface area is 211 Å². The second-order valence-electron chi connectivity index (χ2n) is 7.57. The minimum absolute atomic E-state index is 0.0136. The number of carbonyl (C=O) groups is 2. The molecule has 0 aliphatic carbocycles. The summed E-state index contributed by atoms with van der Waals surface area (Å²) in [4.78, 5) is 24.3.